The van der Waals surface area contributed by atoms with E-state index in [9.17, 15) is 8.42 Å². The molecule has 0 radical (unpaired) electrons. The lowest BCUT2D eigenvalue weighted by Gasteiger charge is -2.42. The van der Waals surface area contributed by atoms with Crippen LogP contribution in [0.15, 0.2) is 29.2 Å². The monoisotopic (exact) mass is 308 g/mol. The highest BCUT2D eigenvalue weighted by atomic mass is 32.2. The fraction of sp³-hybridized carbons (Fsp3) is 0.625. The highest BCUT2D eigenvalue weighted by Crippen LogP contribution is 2.62. The molecule has 0 aromatic heterocycles. The second kappa shape index (κ2) is 4.46. The van der Waals surface area contributed by atoms with Crippen molar-refractivity contribution in [2.45, 2.75) is 51.0 Å². The third kappa shape index (κ3) is 2.18. The van der Waals surface area contributed by atoms with Crippen LogP contribution in [0.1, 0.15) is 40.0 Å². The zero-order chi connectivity index (χ0) is 15.5. The third-order valence-electron chi connectivity index (χ3n) is 5.75. The molecule has 5 heteroatoms. The topological polar surface area (TPSA) is 72.2 Å². The van der Waals surface area contributed by atoms with Crippen LogP contribution < -0.4 is 10.5 Å². The summed E-state index contributed by atoms with van der Waals surface area (Å²) in [6, 6.07) is 6.62. The average Bonchev–Trinajstić information content (AvgIpc) is 2.86. The summed E-state index contributed by atoms with van der Waals surface area (Å²) in [7, 11) is -3.58. The van der Waals surface area contributed by atoms with Crippen LogP contribution in [-0.4, -0.2) is 14.5 Å². The number of nitrogens with one attached hydrogen (secondary N) is 1. The number of hydrogen-bond donors (Lipinski definition) is 2. The van der Waals surface area contributed by atoms with Gasteiger partial charge in [-0.25, -0.2) is 13.1 Å². The van der Waals surface area contributed by atoms with E-state index < -0.39 is 10.0 Å². The normalized spacial score (nSPS) is 34.2. The Morgan fingerprint density at radius 1 is 1.24 bits per heavy atom. The third-order valence-corrected chi connectivity index (χ3v) is 7.25. The van der Waals surface area contributed by atoms with Crippen molar-refractivity contribution < 1.29 is 8.42 Å². The quantitative estimate of drug-likeness (QED) is 0.843. The fourth-order valence-corrected chi connectivity index (χ4v) is 6.20. The number of sulfonamides is 1. The van der Waals surface area contributed by atoms with Gasteiger partial charge in [-0.15, -0.1) is 0 Å². The smallest absolute Gasteiger partial charge is 0.242 e. The highest BCUT2D eigenvalue weighted by molar-refractivity contribution is 7.89. The van der Waals surface area contributed by atoms with Crippen LogP contribution in [0, 0.1) is 16.7 Å². The number of nitrogen functional groups attached to an aromatic ring is 1. The van der Waals surface area contributed by atoms with Crippen molar-refractivity contribution in [1.82, 2.24) is 4.72 Å². The largest absolute Gasteiger partial charge is 0.398 e. The second-order valence-electron chi connectivity index (χ2n) is 7.51. The highest BCUT2D eigenvalue weighted by Gasteiger charge is 2.60. The van der Waals surface area contributed by atoms with Crippen LogP contribution in [0.3, 0.4) is 0 Å². The first-order chi connectivity index (χ1) is 9.67. The molecular formula is C16H24N2O2S. The molecule has 0 spiro atoms. The Morgan fingerprint density at radius 2 is 1.90 bits per heavy atom. The summed E-state index contributed by atoms with van der Waals surface area (Å²) in [4.78, 5) is 0.187. The Morgan fingerprint density at radius 3 is 2.48 bits per heavy atom. The van der Waals surface area contributed by atoms with E-state index in [1.54, 1.807) is 24.3 Å². The van der Waals surface area contributed by atoms with Gasteiger partial charge in [-0.2, -0.15) is 0 Å². The van der Waals surface area contributed by atoms with E-state index in [4.69, 9.17) is 5.73 Å². The zero-order valence-corrected chi connectivity index (χ0v) is 13.7. The molecule has 21 heavy (non-hydrogen) atoms. The van der Waals surface area contributed by atoms with E-state index in [0.29, 0.717) is 11.6 Å². The summed E-state index contributed by atoms with van der Waals surface area (Å²) in [5.41, 5.74) is 6.19. The van der Waals surface area contributed by atoms with Crippen LogP contribution in [0.25, 0.3) is 0 Å². The summed E-state index contributed by atoms with van der Waals surface area (Å²) in [6.07, 6.45) is 3.41. The maximum Gasteiger partial charge on any atom is 0.242 e. The first-order valence-corrected chi connectivity index (χ1v) is 9.02. The Hall–Kier alpha value is -1.07. The number of rotatable bonds is 3. The van der Waals surface area contributed by atoms with Crippen molar-refractivity contribution in [2.75, 3.05) is 5.73 Å². The van der Waals surface area contributed by atoms with Gasteiger partial charge in [0.05, 0.1) is 5.69 Å². The van der Waals surface area contributed by atoms with Gasteiger partial charge in [0.25, 0.3) is 0 Å². The molecule has 2 saturated carbocycles. The molecule has 4 nitrogen and oxygen atoms in total. The number of benzene rings is 1. The molecule has 1 aromatic rings. The van der Waals surface area contributed by atoms with Gasteiger partial charge >= 0.3 is 0 Å². The fourth-order valence-electron chi connectivity index (χ4n) is 4.54. The maximum atomic E-state index is 12.7. The van der Waals surface area contributed by atoms with Gasteiger partial charge in [0, 0.05) is 6.04 Å². The van der Waals surface area contributed by atoms with Crippen molar-refractivity contribution in [2.24, 2.45) is 16.7 Å². The molecule has 3 atom stereocenters. The lowest BCUT2D eigenvalue weighted by Crippen LogP contribution is -2.52. The van der Waals surface area contributed by atoms with Crippen LogP contribution >= 0.6 is 0 Å². The molecule has 0 saturated heterocycles. The van der Waals surface area contributed by atoms with Gasteiger partial charge in [-0.1, -0.05) is 32.9 Å². The Labute approximate surface area is 127 Å². The molecule has 1 aromatic carbocycles. The molecule has 3 unspecified atom stereocenters. The van der Waals surface area contributed by atoms with E-state index in [2.05, 4.69) is 25.5 Å². The van der Waals surface area contributed by atoms with Crippen LogP contribution in [0.5, 0.6) is 0 Å². The van der Waals surface area contributed by atoms with Gasteiger partial charge < -0.3 is 5.73 Å². The predicted octanol–water partition coefficient (Wildman–Crippen LogP) is 2.76. The van der Waals surface area contributed by atoms with Crippen molar-refractivity contribution in [3.05, 3.63) is 24.3 Å². The van der Waals surface area contributed by atoms with E-state index in [1.807, 2.05) is 0 Å². The predicted molar refractivity (Wildman–Crippen MR) is 84.2 cm³/mol. The van der Waals surface area contributed by atoms with Gasteiger partial charge in [0.1, 0.15) is 4.90 Å². The molecule has 0 heterocycles. The molecule has 0 amide bonds. The van der Waals surface area contributed by atoms with Crippen molar-refractivity contribution in [3.8, 4) is 0 Å². The van der Waals surface area contributed by atoms with Crippen LogP contribution in [0.2, 0.25) is 0 Å². The number of fused-ring (bicyclic) bond motifs is 2. The van der Waals surface area contributed by atoms with Gasteiger partial charge in [0.15, 0.2) is 0 Å². The lowest BCUT2D eigenvalue weighted by molar-refractivity contribution is 0.127. The van der Waals surface area contributed by atoms with Gasteiger partial charge in [-0.05, 0) is 48.1 Å². The van der Waals surface area contributed by atoms with E-state index in [0.717, 1.165) is 12.8 Å². The minimum atomic E-state index is -3.58. The van der Waals surface area contributed by atoms with Crippen LogP contribution in [0.4, 0.5) is 5.69 Å². The maximum absolute atomic E-state index is 12.7. The molecule has 2 fully saturated rings. The molecule has 3 rings (SSSR count). The number of para-hydroxylation sites is 1. The van der Waals surface area contributed by atoms with Gasteiger partial charge in [-0.3, -0.25) is 0 Å². The Kier molecular flexibility index (Phi) is 3.16. The number of anilines is 1. The summed E-state index contributed by atoms with van der Waals surface area (Å²) in [6.45, 7) is 6.58. The number of hydrogen-bond acceptors (Lipinski definition) is 3. The standard InChI is InChI=1S/C16H24N2O2S/c1-15(2)11-8-9-16(3,10-11)14(15)18-21(19,20)13-7-5-4-6-12(13)17/h4-7,11,14,18H,8-10,17H2,1-3H3. The zero-order valence-electron chi connectivity index (χ0n) is 12.9. The Balaban J connectivity index is 1.95. The summed E-state index contributed by atoms with van der Waals surface area (Å²) in [5.74, 6) is 0.600. The minimum absolute atomic E-state index is 0.0103. The van der Waals surface area contributed by atoms with Crippen molar-refractivity contribution in [1.29, 1.82) is 0 Å². The molecule has 116 valence electrons. The first-order valence-electron chi connectivity index (χ1n) is 7.54. The van der Waals surface area contributed by atoms with Crippen molar-refractivity contribution >= 4 is 15.7 Å². The summed E-state index contributed by atoms with van der Waals surface area (Å²) < 4.78 is 28.4. The van der Waals surface area contributed by atoms with E-state index in [-0.39, 0.29) is 21.8 Å². The SMILES string of the molecule is CC12CCC(C1)C(C)(C)C2NS(=O)(=O)c1ccccc1N. The minimum Gasteiger partial charge on any atom is -0.398 e. The lowest BCUT2D eigenvalue weighted by atomic mass is 9.69. The first kappa shape index (κ1) is 14.9. The van der Waals surface area contributed by atoms with E-state index >= 15 is 0 Å². The molecular weight excluding hydrogens is 284 g/mol. The number of nitrogens with two attached hydrogens (primary N) is 1. The molecule has 2 aliphatic carbocycles. The Bertz CT molecular complexity index is 664. The van der Waals surface area contributed by atoms with Crippen LogP contribution in [-0.2, 0) is 10.0 Å². The molecule has 3 N–H and O–H groups in total. The van der Waals surface area contributed by atoms with E-state index in [1.165, 1.54) is 6.42 Å². The molecule has 0 aliphatic heterocycles. The van der Waals surface area contributed by atoms with Crippen molar-refractivity contribution in [3.63, 3.8) is 0 Å². The van der Waals surface area contributed by atoms with Gasteiger partial charge in [0.2, 0.25) is 10.0 Å². The summed E-state index contributed by atoms with van der Waals surface area (Å²) in [5, 5.41) is 0. The molecule has 2 bridgehead atoms. The second-order valence-corrected chi connectivity index (χ2v) is 9.19. The molecule has 2 aliphatic rings. The summed E-state index contributed by atoms with van der Waals surface area (Å²) >= 11 is 0. The average molecular weight is 308 g/mol.